The second kappa shape index (κ2) is 5.81. The fourth-order valence-corrected chi connectivity index (χ4v) is 2.39. The summed E-state index contributed by atoms with van der Waals surface area (Å²) in [6, 6.07) is 9.82. The first-order chi connectivity index (χ1) is 9.77. The molecule has 1 aromatic rings. The van der Waals surface area contributed by atoms with Crippen LogP contribution >= 0.6 is 0 Å². The molecule has 0 aromatic heterocycles. The molecule has 1 heterocycles. The maximum Gasteiger partial charge on any atom is 0.466 e. The third kappa shape index (κ3) is 3.30. The lowest BCUT2D eigenvalue weighted by atomic mass is 9.66. The summed E-state index contributed by atoms with van der Waals surface area (Å²) in [5.41, 5.74) is 0.183. The third-order valence-electron chi connectivity index (χ3n) is 4.44. The van der Waals surface area contributed by atoms with Gasteiger partial charge in [0, 0.05) is 5.82 Å². The summed E-state index contributed by atoms with van der Waals surface area (Å²) in [4.78, 5) is 11.7. The van der Waals surface area contributed by atoms with E-state index >= 15 is 0 Å². The molecule has 0 unspecified atom stereocenters. The van der Waals surface area contributed by atoms with Crippen molar-refractivity contribution < 1.29 is 18.8 Å². The van der Waals surface area contributed by atoms with E-state index < -0.39 is 18.3 Å². The van der Waals surface area contributed by atoms with Crippen molar-refractivity contribution in [1.29, 1.82) is 0 Å². The zero-order chi connectivity index (χ0) is 15.7. The van der Waals surface area contributed by atoms with Gasteiger partial charge in [0.05, 0.1) is 24.7 Å². The summed E-state index contributed by atoms with van der Waals surface area (Å²) in [5, 5.41) is 0. The van der Waals surface area contributed by atoms with E-state index in [9.17, 15) is 4.79 Å². The quantitative estimate of drug-likeness (QED) is 0.631. The Morgan fingerprint density at radius 1 is 1.14 bits per heavy atom. The number of carbonyl (C=O) groups is 1. The number of benzene rings is 1. The van der Waals surface area contributed by atoms with Crippen molar-refractivity contribution in [2.45, 2.75) is 51.1 Å². The molecule has 5 heteroatoms. The Balaban J connectivity index is 2.27. The summed E-state index contributed by atoms with van der Waals surface area (Å²) < 4.78 is 17.0. The van der Waals surface area contributed by atoms with Gasteiger partial charge in [-0.3, -0.25) is 4.79 Å². The van der Waals surface area contributed by atoms with Gasteiger partial charge >= 0.3 is 13.1 Å². The number of hydrogen-bond donors (Lipinski definition) is 0. The van der Waals surface area contributed by atoms with Crippen LogP contribution in [0.15, 0.2) is 30.3 Å². The van der Waals surface area contributed by atoms with Crippen molar-refractivity contribution >= 4 is 13.1 Å². The summed E-state index contributed by atoms with van der Waals surface area (Å²) in [5.74, 6) is -0.446. The molecule has 0 amide bonds. The van der Waals surface area contributed by atoms with Crippen LogP contribution in [0.1, 0.15) is 45.5 Å². The number of methoxy groups -OCH3 is 1. The van der Waals surface area contributed by atoms with Gasteiger partial charge < -0.3 is 14.0 Å². The van der Waals surface area contributed by atoms with Gasteiger partial charge in [0.2, 0.25) is 0 Å². The molecule has 21 heavy (non-hydrogen) atoms. The molecule has 0 bridgehead atoms. The number of hydrogen-bond acceptors (Lipinski definition) is 4. The SMILES string of the molecule is COC(=O)C[C@@H](B1OC(C)(C)C(C)(C)O1)c1ccccc1. The molecule has 0 spiro atoms. The second-order valence-corrected chi connectivity index (χ2v) is 6.42. The summed E-state index contributed by atoms with van der Waals surface area (Å²) in [6.45, 7) is 8.03. The largest absolute Gasteiger partial charge is 0.469 e. The van der Waals surface area contributed by atoms with Crippen molar-refractivity contribution in [2.75, 3.05) is 7.11 Å². The fourth-order valence-electron chi connectivity index (χ4n) is 2.39. The van der Waals surface area contributed by atoms with Crippen molar-refractivity contribution in [3.63, 3.8) is 0 Å². The van der Waals surface area contributed by atoms with Crippen LogP contribution in [-0.4, -0.2) is 31.4 Å². The molecule has 4 nitrogen and oxygen atoms in total. The highest BCUT2D eigenvalue weighted by atomic mass is 16.7. The van der Waals surface area contributed by atoms with Crippen molar-refractivity contribution in [3.05, 3.63) is 35.9 Å². The molecule has 114 valence electrons. The summed E-state index contributed by atoms with van der Waals surface area (Å²) >= 11 is 0. The Labute approximate surface area is 126 Å². The lowest BCUT2D eigenvalue weighted by Gasteiger charge is -2.32. The number of esters is 1. The normalized spacial score (nSPS) is 21.1. The van der Waals surface area contributed by atoms with Crippen LogP contribution in [0.5, 0.6) is 0 Å². The summed E-state index contributed by atoms with van der Waals surface area (Å²) in [7, 11) is 0.936. The Bertz CT molecular complexity index is 482. The van der Waals surface area contributed by atoms with E-state index in [4.69, 9.17) is 14.0 Å². The van der Waals surface area contributed by atoms with Gasteiger partial charge in [-0.1, -0.05) is 30.3 Å². The van der Waals surface area contributed by atoms with Gasteiger partial charge in [-0.2, -0.15) is 0 Å². The molecule has 1 fully saturated rings. The monoisotopic (exact) mass is 290 g/mol. The molecule has 0 aliphatic carbocycles. The van der Waals surface area contributed by atoms with Crippen molar-refractivity contribution in [2.24, 2.45) is 0 Å². The first-order valence-electron chi connectivity index (χ1n) is 7.24. The predicted octanol–water partition coefficient (Wildman–Crippen LogP) is 2.96. The second-order valence-electron chi connectivity index (χ2n) is 6.42. The van der Waals surface area contributed by atoms with Crippen LogP contribution in [0.4, 0.5) is 0 Å². The highest BCUT2D eigenvalue weighted by Gasteiger charge is 2.54. The first-order valence-corrected chi connectivity index (χ1v) is 7.24. The van der Waals surface area contributed by atoms with Crippen molar-refractivity contribution in [1.82, 2.24) is 0 Å². The predicted molar refractivity (Wildman–Crippen MR) is 81.9 cm³/mol. The Hall–Kier alpha value is -1.33. The van der Waals surface area contributed by atoms with Gasteiger partial charge in [-0.05, 0) is 33.3 Å². The molecule has 1 aromatic carbocycles. The van der Waals surface area contributed by atoms with Crippen LogP contribution in [0.25, 0.3) is 0 Å². The first kappa shape index (κ1) is 16.1. The highest BCUT2D eigenvalue weighted by Crippen LogP contribution is 2.41. The highest BCUT2D eigenvalue weighted by molar-refractivity contribution is 6.48. The van der Waals surface area contributed by atoms with E-state index in [2.05, 4.69) is 0 Å². The minimum atomic E-state index is -0.462. The molecule has 1 aliphatic rings. The fraction of sp³-hybridized carbons (Fsp3) is 0.562. The molecular weight excluding hydrogens is 267 g/mol. The van der Waals surface area contributed by atoms with Crippen LogP contribution in [0.2, 0.25) is 0 Å². The maximum absolute atomic E-state index is 11.7. The number of carbonyl (C=O) groups excluding carboxylic acids is 1. The number of rotatable bonds is 4. The lowest BCUT2D eigenvalue weighted by Crippen LogP contribution is -2.41. The van der Waals surface area contributed by atoms with Gasteiger partial charge in [-0.25, -0.2) is 0 Å². The zero-order valence-corrected chi connectivity index (χ0v) is 13.4. The molecule has 1 saturated heterocycles. The summed E-state index contributed by atoms with van der Waals surface area (Å²) in [6.07, 6.45) is 0.233. The van der Waals surface area contributed by atoms with E-state index in [0.29, 0.717) is 0 Å². The van der Waals surface area contributed by atoms with Crippen LogP contribution in [-0.2, 0) is 18.8 Å². The minimum Gasteiger partial charge on any atom is -0.469 e. The van der Waals surface area contributed by atoms with E-state index in [0.717, 1.165) is 5.56 Å². The topological polar surface area (TPSA) is 44.8 Å². The van der Waals surface area contributed by atoms with Crippen LogP contribution in [0.3, 0.4) is 0 Å². The smallest absolute Gasteiger partial charge is 0.466 e. The standard InChI is InChI=1S/C16H23BO4/c1-15(2)16(3,4)21-17(20-15)13(11-14(18)19-5)12-9-7-6-8-10-12/h6-10,13H,11H2,1-5H3/t13-/m1/s1. The number of ether oxygens (including phenoxy) is 1. The Kier molecular flexibility index (Phi) is 4.44. The zero-order valence-electron chi connectivity index (χ0n) is 13.4. The van der Waals surface area contributed by atoms with Gasteiger partial charge in [0.25, 0.3) is 0 Å². The molecule has 1 aliphatic heterocycles. The van der Waals surface area contributed by atoms with Crippen LogP contribution < -0.4 is 0 Å². The van der Waals surface area contributed by atoms with Gasteiger partial charge in [0.15, 0.2) is 0 Å². The average Bonchev–Trinajstić information content (AvgIpc) is 2.65. The molecule has 0 radical (unpaired) electrons. The van der Waals surface area contributed by atoms with Gasteiger partial charge in [-0.15, -0.1) is 0 Å². The van der Waals surface area contributed by atoms with Crippen molar-refractivity contribution in [3.8, 4) is 0 Å². The minimum absolute atomic E-state index is 0.181. The maximum atomic E-state index is 11.7. The molecule has 1 atom stereocenters. The molecule has 0 N–H and O–H groups in total. The van der Waals surface area contributed by atoms with E-state index in [1.807, 2.05) is 58.0 Å². The van der Waals surface area contributed by atoms with E-state index in [-0.39, 0.29) is 18.2 Å². The lowest BCUT2D eigenvalue weighted by molar-refractivity contribution is -0.140. The third-order valence-corrected chi connectivity index (χ3v) is 4.44. The molecular formula is C16H23BO4. The molecule has 2 rings (SSSR count). The van der Waals surface area contributed by atoms with E-state index in [1.54, 1.807) is 0 Å². The van der Waals surface area contributed by atoms with Gasteiger partial charge in [0.1, 0.15) is 0 Å². The van der Waals surface area contributed by atoms with Crippen LogP contribution in [0, 0.1) is 0 Å². The average molecular weight is 290 g/mol. The van der Waals surface area contributed by atoms with E-state index in [1.165, 1.54) is 7.11 Å². The Morgan fingerprint density at radius 2 is 1.67 bits per heavy atom. The Morgan fingerprint density at radius 3 is 2.14 bits per heavy atom. The molecule has 0 saturated carbocycles.